The van der Waals surface area contributed by atoms with E-state index < -0.39 is 22.3 Å². The molecule has 0 saturated carbocycles. The topological polar surface area (TPSA) is 163 Å². The van der Waals surface area contributed by atoms with Crippen molar-refractivity contribution in [3.05, 3.63) is 75.8 Å². The fourth-order valence-corrected chi connectivity index (χ4v) is 3.17. The molecule has 0 spiro atoms. The van der Waals surface area contributed by atoms with Crippen LogP contribution in [0.2, 0.25) is 0 Å². The van der Waals surface area contributed by atoms with E-state index in [0.717, 1.165) is 6.07 Å². The normalized spacial score (nSPS) is 11.1. The molecule has 1 heterocycles. The quantitative estimate of drug-likeness (QED) is 0.200. The number of nitro groups is 1. The van der Waals surface area contributed by atoms with Crippen molar-refractivity contribution >= 4 is 28.8 Å². The average molecular weight is 447 g/mol. The van der Waals surface area contributed by atoms with E-state index in [4.69, 9.17) is 4.74 Å². The van der Waals surface area contributed by atoms with Gasteiger partial charge in [-0.1, -0.05) is 12.1 Å². The van der Waals surface area contributed by atoms with Gasteiger partial charge in [-0.15, -0.1) is 0 Å². The molecule has 0 bridgehead atoms. The van der Waals surface area contributed by atoms with Crippen LogP contribution in [-0.4, -0.2) is 44.3 Å². The number of fused-ring (bicyclic) bond motifs is 1. The first-order chi connectivity index (χ1) is 15.9. The standard InChI is InChI=1S/C22H17N5O6/c1-33-19-9-12(8-17(20(19)29)27(31)32)11-23-26-22(30)13-6-7-15-16(10-13)25-21(24-15)14-4-2-3-5-18(14)28/h2-11,28-29H,1H3,(H,24,25)(H,26,30)/b23-11+. The van der Waals surface area contributed by atoms with Gasteiger partial charge in [0.25, 0.3) is 5.91 Å². The van der Waals surface area contributed by atoms with Gasteiger partial charge in [0, 0.05) is 17.2 Å². The zero-order valence-electron chi connectivity index (χ0n) is 17.1. The molecule has 0 atom stereocenters. The minimum absolute atomic E-state index is 0.0787. The van der Waals surface area contributed by atoms with Gasteiger partial charge < -0.3 is 19.9 Å². The fraction of sp³-hybridized carbons (Fsp3) is 0.0455. The largest absolute Gasteiger partial charge is 0.507 e. The second-order valence-electron chi connectivity index (χ2n) is 6.88. The summed E-state index contributed by atoms with van der Waals surface area (Å²) in [6, 6.07) is 14.0. The maximum absolute atomic E-state index is 12.5. The van der Waals surface area contributed by atoms with Crippen LogP contribution in [0.25, 0.3) is 22.4 Å². The smallest absolute Gasteiger partial charge is 0.315 e. The number of rotatable bonds is 6. The lowest BCUT2D eigenvalue weighted by atomic mass is 10.2. The lowest BCUT2D eigenvalue weighted by molar-refractivity contribution is -0.386. The summed E-state index contributed by atoms with van der Waals surface area (Å²) in [7, 11) is 1.26. The predicted molar refractivity (Wildman–Crippen MR) is 120 cm³/mol. The molecule has 0 aliphatic heterocycles. The summed E-state index contributed by atoms with van der Waals surface area (Å²) in [4.78, 5) is 30.3. The van der Waals surface area contributed by atoms with Gasteiger partial charge in [-0.2, -0.15) is 5.10 Å². The molecule has 3 aromatic carbocycles. The number of nitro benzene ring substituents is 1. The Morgan fingerprint density at radius 2 is 2.00 bits per heavy atom. The van der Waals surface area contributed by atoms with Crippen LogP contribution in [0.4, 0.5) is 5.69 Å². The number of carbonyl (C=O) groups excluding carboxylic acids is 1. The average Bonchev–Trinajstić information content (AvgIpc) is 3.23. The maximum atomic E-state index is 12.5. The minimum Gasteiger partial charge on any atom is -0.507 e. The first kappa shape index (κ1) is 21.3. The monoisotopic (exact) mass is 447 g/mol. The van der Waals surface area contributed by atoms with Crippen LogP contribution in [-0.2, 0) is 0 Å². The van der Waals surface area contributed by atoms with Gasteiger partial charge in [-0.25, -0.2) is 10.4 Å². The summed E-state index contributed by atoms with van der Waals surface area (Å²) < 4.78 is 4.93. The van der Waals surface area contributed by atoms with Crippen molar-refractivity contribution in [1.29, 1.82) is 0 Å². The summed E-state index contributed by atoms with van der Waals surface area (Å²) >= 11 is 0. The number of aromatic hydroxyl groups is 2. The lowest BCUT2D eigenvalue weighted by Gasteiger charge is -2.05. The van der Waals surface area contributed by atoms with E-state index >= 15 is 0 Å². The molecular weight excluding hydrogens is 430 g/mol. The number of ether oxygens (including phenoxy) is 1. The molecule has 4 rings (SSSR count). The third kappa shape index (κ3) is 4.28. The number of hydrazone groups is 1. The minimum atomic E-state index is -0.753. The van der Waals surface area contributed by atoms with Gasteiger partial charge >= 0.3 is 5.69 Å². The highest BCUT2D eigenvalue weighted by atomic mass is 16.6. The Hall–Kier alpha value is -4.93. The molecule has 166 valence electrons. The van der Waals surface area contributed by atoms with Crippen LogP contribution >= 0.6 is 0 Å². The molecule has 4 N–H and O–H groups in total. The van der Waals surface area contributed by atoms with Crippen molar-refractivity contribution in [3.63, 3.8) is 0 Å². The zero-order valence-corrected chi connectivity index (χ0v) is 17.1. The molecule has 11 nitrogen and oxygen atoms in total. The van der Waals surface area contributed by atoms with Crippen LogP contribution < -0.4 is 10.2 Å². The van der Waals surface area contributed by atoms with Crippen molar-refractivity contribution in [3.8, 4) is 28.6 Å². The SMILES string of the molecule is COc1cc(/C=N/NC(=O)c2ccc3nc(-c4ccccc4O)[nH]c3c2)cc([N+](=O)[O-])c1O. The van der Waals surface area contributed by atoms with Crippen LogP contribution in [0.3, 0.4) is 0 Å². The molecule has 0 unspecified atom stereocenters. The number of benzene rings is 3. The van der Waals surface area contributed by atoms with E-state index in [0.29, 0.717) is 28.0 Å². The number of phenolic OH excluding ortho intramolecular Hbond substituents is 2. The number of aromatic nitrogens is 2. The number of phenols is 2. The van der Waals surface area contributed by atoms with E-state index in [1.807, 2.05) is 0 Å². The third-order valence-corrected chi connectivity index (χ3v) is 4.78. The number of nitrogens with zero attached hydrogens (tertiary/aromatic N) is 3. The molecule has 33 heavy (non-hydrogen) atoms. The predicted octanol–water partition coefficient (Wildman–Crippen LogP) is 3.32. The molecule has 0 aliphatic carbocycles. The van der Waals surface area contributed by atoms with Crippen molar-refractivity contribution in [2.75, 3.05) is 7.11 Å². The Balaban J connectivity index is 1.54. The van der Waals surface area contributed by atoms with Crippen molar-refractivity contribution in [2.24, 2.45) is 5.10 Å². The number of H-pyrrole nitrogens is 1. The van der Waals surface area contributed by atoms with E-state index in [1.165, 1.54) is 19.4 Å². The van der Waals surface area contributed by atoms with Gasteiger partial charge in [0.05, 0.1) is 34.8 Å². The molecule has 4 aromatic rings. The molecule has 11 heteroatoms. The van der Waals surface area contributed by atoms with Crippen molar-refractivity contribution < 1.29 is 24.7 Å². The number of hydrogen-bond donors (Lipinski definition) is 4. The summed E-state index contributed by atoms with van der Waals surface area (Å²) in [5, 5.41) is 34.7. The van der Waals surface area contributed by atoms with Crippen molar-refractivity contribution in [1.82, 2.24) is 15.4 Å². The van der Waals surface area contributed by atoms with Gasteiger partial charge in [-0.3, -0.25) is 14.9 Å². The number of para-hydroxylation sites is 1. The number of carbonyl (C=O) groups is 1. The molecule has 1 aromatic heterocycles. The molecule has 0 radical (unpaired) electrons. The molecule has 0 aliphatic rings. The van der Waals surface area contributed by atoms with E-state index in [9.17, 15) is 25.1 Å². The Labute approximate surface area is 186 Å². The van der Waals surface area contributed by atoms with E-state index in [2.05, 4.69) is 20.5 Å². The second kappa shape index (κ2) is 8.67. The molecule has 0 fully saturated rings. The zero-order chi connectivity index (χ0) is 23.5. The van der Waals surface area contributed by atoms with Crippen LogP contribution in [0, 0.1) is 10.1 Å². The van der Waals surface area contributed by atoms with Crippen molar-refractivity contribution in [2.45, 2.75) is 0 Å². The van der Waals surface area contributed by atoms with Crippen LogP contribution in [0.1, 0.15) is 15.9 Å². The number of imidazole rings is 1. The van der Waals surface area contributed by atoms with Gasteiger partial charge in [0.1, 0.15) is 11.6 Å². The molecule has 1 amide bonds. The lowest BCUT2D eigenvalue weighted by Crippen LogP contribution is -2.17. The Morgan fingerprint density at radius 3 is 2.73 bits per heavy atom. The second-order valence-corrected chi connectivity index (χ2v) is 6.88. The van der Waals surface area contributed by atoms with Crippen LogP contribution in [0.5, 0.6) is 17.2 Å². The molecular formula is C22H17N5O6. The number of nitrogens with one attached hydrogen (secondary N) is 2. The summed E-state index contributed by atoms with van der Waals surface area (Å²) in [5.41, 5.74) is 4.06. The Bertz CT molecular complexity index is 1410. The highest BCUT2D eigenvalue weighted by Crippen LogP contribution is 2.36. The third-order valence-electron chi connectivity index (χ3n) is 4.78. The first-order valence-corrected chi connectivity index (χ1v) is 9.54. The maximum Gasteiger partial charge on any atom is 0.315 e. The van der Waals surface area contributed by atoms with Gasteiger partial charge in [-0.05, 0) is 36.4 Å². The summed E-state index contributed by atoms with van der Waals surface area (Å²) in [6.45, 7) is 0. The van der Waals surface area contributed by atoms with Crippen LogP contribution in [0.15, 0.2) is 59.7 Å². The fourth-order valence-electron chi connectivity index (χ4n) is 3.17. The number of aromatic amines is 1. The molecule has 0 saturated heterocycles. The number of amides is 1. The van der Waals surface area contributed by atoms with E-state index in [-0.39, 0.29) is 17.1 Å². The first-order valence-electron chi connectivity index (χ1n) is 9.54. The number of hydrogen-bond acceptors (Lipinski definition) is 8. The van der Waals surface area contributed by atoms with Gasteiger partial charge in [0.15, 0.2) is 5.75 Å². The number of methoxy groups -OCH3 is 1. The Morgan fingerprint density at radius 1 is 1.21 bits per heavy atom. The van der Waals surface area contributed by atoms with Gasteiger partial charge in [0.2, 0.25) is 5.75 Å². The Kier molecular flexibility index (Phi) is 5.60. The highest BCUT2D eigenvalue weighted by molar-refractivity contribution is 5.98. The highest BCUT2D eigenvalue weighted by Gasteiger charge is 2.19. The summed E-state index contributed by atoms with van der Waals surface area (Å²) in [5.74, 6) is -0.676. The summed E-state index contributed by atoms with van der Waals surface area (Å²) in [6.07, 6.45) is 1.19. The van der Waals surface area contributed by atoms with E-state index in [1.54, 1.807) is 42.5 Å².